The van der Waals surface area contributed by atoms with Crippen molar-refractivity contribution in [1.82, 2.24) is 4.73 Å². The molecular formula is C13H13NO7S2. The Bertz CT molecular complexity index is 777. The molecule has 0 fully saturated rings. The fraction of sp³-hybridized carbons (Fsp3) is 0.154. The van der Waals surface area contributed by atoms with Gasteiger partial charge in [-0.15, -0.1) is 4.73 Å². The summed E-state index contributed by atoms with van der Waals surface area (Å²) in [4.78, 5) is 16.7. The highest BCUT2D eigenvalue weighted by Gasteiger charge is 2.14. The topological polar surface area (TPSA) is 107 Å². The molecule has 0 bridgehead atoms. The number of benzene rings is 1. The van der Waals surface area contributed by atoms with Crippen molar-refractivity contribution in [2.45, 2.75) is 6.61 Å². The van der Waals surface area contributed by atoms with Crippen LogP contribution in [0.4, 0.5) is 0 Å². The fourth-order valence-corrected chi connectivity index (χ4v) is 2.08. The van der Waals surface area contributed by atoms with Crippen LogP contribution < -0.4 is 4.84 Å². The van der Waals surface area contributed by atoms with E-state index in [1.807, 2.05) is 0 Å². The van der Waals surface area contributed by atoms with E-state index >= 15 is 0 Å². The Morgan fingerprint density at radius 2 is 1.74 bits per heavy atom. The largest absolute Gasteiger partial charge is 0.492 e. The lowest BCUT2D eigenvalue weighted by Crippen LogP contribution is -2.19. The highest BCUT2D eigenvalue weighted by atomic mass is 32.9. The number of hydrogen-bond donors (Lipinski definition) is 2. The Kier molecular flexibility index (Phi) is 5.21. The molecule has 8 nitrogen and oxygen atoms in total. The Morgan fingerprint density at radius 1 is 1.17 bits per heavy atom. The molecule has 0 saturated carbocycles. The number of rotatable bonds is 6. The minimum atomic E-state index is -3.21. The van der Waals surface area contributed by atoms with E-state index in [0.29, 0.717) is 10.3 Å². The van der Waals surface area contributed by atoms with E-state index in [-0.39, 0.29) is 12.2 Å². The second kappa shape index (κ2) is 6.96. The van der Waals surface area contributed by atoms with E-state index in [9.17, 15) is 19.2 Å². The molecule has 0 spiro atoms. The van der Waals surface area contributed by atoms with Crippen LogP contribution >= 0.6 is 0 Å². The summed E-state index contributed by atoms with van der Waals surface area (Å²) in [6, 6.07) is 8.32. The molecule has 1 atom stereocenters. The lowest BCUT2D eigenvalue weighted by atomic mass is 10.1. The van der Waals surface area contributed by atoms with Gasteiger partial charge in [-0.2, -0.15) is 4.21 Å². The second-order valence-corrected chi connectivity index (χ2v) is 6.87. The van der Waals surface area contributed by atoms with Crippen LogP contribution in [0.2, 0.25) is 0 Å². The van der Waals surface area contributed by atoms with Gasteiger partial charge < -0.3 is 15.1 Å². The maximum absolute atomic E-state index is 11.9. The summed E-state index contributed by atoms with van der Waals surface area (Å²) in [5.41, 5.74) is 0.787. The molecule has 0 saturated heterocycles. The maximum atomic E-state index is 11.9. The van der Waals surface area contributed by atoms with E-state index in [2.05, 4.69) is 15.4 Å². The average Bonchev–Trinajstić information content (AvgIpc) is 2.85. The van der Waals surface area contributed by atoms with Gasteiger partial charge in [-0.1, -0.05) is 12.1 Å². The SMILES string of the molecule is COS(=O)(=S)OCc1ccc(C(=O)On2c(O)ccc2O)cc1. The first kappa shape index (κ1) is 17.2. The van der Waals surface area contributed by atoms with Crippen LogP contribution in [0.25, 0.3) is 0 Å². The zero-order valence-electron chi connectivity index (χ0n) is 11.9. The smallest absolute Gasteiger partial charge is 0.363 e. The number of hydrogen-bond acceptors (Lipinski definition) is 8. The van der Waals surface area contributed by atoms with Crippen molar-refractivity contribution in [2.24, 2.45) is 0 Å². The molecule has 1 aromatic carbocycles. The third-order valence-electron chi connectivity index (χ3n) is 2.74. The lowest BCUT2D eigenvalue weighted by Gasteiger charge is -2.08. The number of nitrogens with zero attached hydrogens (tertiary/aromatic N) is 1. The maximum Gasteiger partial charge on any atom is 0.363 e. The highest BCUT2D eigenvalue weighted by Crippen LogP contribution is 2.19. The van der Waals surface area contributed by atoms with Gasteiger partial charge in [-0.05, 0) is 17.7 Å². The van der Waals surface area contributed by atoms with Gasteiger partial charge in [-0.3, -0.25) is 8.37 Å². The molecule has 124 valence electrons. The zero-order chi connectivity index (χ0) is 17.0. The molecule has 0 aliphatic heterocycles. The Labute approximate surface area is 136 Å². The van der Waals surface area contributed by atoms with Crippen LogP contribution in [0, 0.1) is 0 Å². The Balaban J connectivity index is 2.03. The number of carbonyl (C=O) groups excluding carboxylic acids is 1. The van der Waals surface area contributed by atoms with E-state index in [1.54, 1.807) is 12.1 Å². The van der Waals surface area contributed by atoms with Crippen LogP contribution in [-0.2, 0) is 35.2 Å². The molecule has 1 heterocycles. The molecule has 0 aliphatic rings. The summed E-state index contributed by atoms with van der Waals surface area (Å²) >= 11 is 4.56. The van der Waals surface area contributed by atoms with Gasteiger partial charge in [0, 0.05) is 23.3 Å². The summed E-state index contributed by atoms with van der Waals surface area (Å²) in [5.74, 6) is -1.62. The number of aromatic hydroxyl groups is 2. The van der Waals surface area contributed by atoms with Crippen molar-refractivity contribution in [3.63, 3.8) is 0 Å². The molecule has 10 heteroatoms. The van der Waals surface area contributed by atoms with Crippen molar-refractivity contribution in [3.8, 4) is 11.8 Å². The molecule has 0 aliphatic carbocycles. The molecule has 2 rings (SSSR count). The van der Waals surface area contributed by atoms with Crippen molar-refractivity contribution in [2.75, 3.05) is 7.11 Å². The normalized spacial score (nSPS) is 13.4. The molecule has 23 heavy (non-hydrogen) atoms. The first-order chi connectivity index (χ1) is 10.8. The van der Waals surface area contributed by atoms with E-state index < -0.39 is 26.8 Å². The van der Waals surface area contributed by atoms with E-state index in [1.165, 1.54) is 31.4 Å². The first-order valence-electron chi connectivity index (χ1n) is 6.18. The Morgan fingerprint density at radius 3 is 2.26 bits per heavy atom. The first-order valence-corrected chi connectivity index (χ1v) is 8.52. The molecule has 2 N–H and O–H groups in total. The van der Waals surface area contributed by atoms with Crippen LogP contribution in [0.15, 0.2) is 36.4 Å². The molecular weight excluding hydrogens is 346 g/mol. The second-order valence-electron chi connectivity index (χ2n) is 4.26. The number of aromatic nitrogens is 1. The third-order valence-corrected chi connectivity index (χ3v) is 4.25. The average molecular weight is 359 g/mol. The standard InChI is InChI=1S/C13H13NO7S2/c1-19-23(18,22)20-8-9-2-4-10(5-3-9)13(17)21-14-11(15)6-7-12(14)16/h2-7,15-16H,8H2,1H3. The van der Waals surface area contributed by atoms with E-state index in [4.69, 9.17) is 9.02 Å². The number of carbonyl (C=O) groups is 1. The van der Waals surface area contributed by atoms with Gasteiger partial charge in [0.05, 0.1) is 19.3 Å². The minimum Gasteiger partial charge on any atom is -0.492 e. The van der Waals surface area contributed by atoms with Gasteiger partial charge in [0.25, 0.3) is 9.05 Å². The summed E-state index contributed by atoms with van der Waals surface area (Å²) in [7, 11) is -2.02. The molecule has 1 unspecified atom stereocenters. The minimum absolute atomic E-state index is 0.0509. The summed E-state index contributed by atoms with van der Waals surface area (Å²) < 4.78 is 21.4. The van der Waals surface area contributed by atoms with E-state index in [0.717, 1.165) is 0 Å². The monoisotopic (exact) mass is 359 g/mol. The lowest BCUT2D eigenvalue weighted by molar-refractivity contribution is 0.0381. The van der Waals surface area contributed by atoms with Crippen LogP contribution in [0.3, 0.4) is 0 Å². The van der Waals surface area contributed by atoms with Gasteiger partial charge >= 0.3 is 5.97 Å². The molecule has 2 aromatic rings. The van der Waals surface area contributed by atoms with Gasteiger partial charge in [-0.25, -0.2) is 4.79 Å². The predicted octanol–water partition coefficient (Wildman–Crippen LogP) is 0.908. The molecule has 1 aromatic heterocycles. The van der Waals surface area contributed by atoms with Crippen LogP contribution in [0.5, 0.6) is 11.8 Å². The van der Waals surface area contributed by atoms with Gasteiger partial charge in [0.1, 0.15) is 0 Å². The summed E-state index contributed by atoms with van der Waals surface area (Å²) in [6.07, 6.45) is 0. The molecule has 0 radical (unpaired) electrons. The van der Waals surface area contributed by atoms with Gasteiger partial charge in [0.2, 0.25) is 11.8 Å². The van der Waals surface area contributed by atoms with Crippen molar-refractivity contribution in [3.05, 3.63) is 47.5 Å². The van der Waals surface area contributed by atoms with Crippen molar-refractivity contribution in [1.29, 1.82) is 0 Å². The van der Waals surface area contributed by atoms with Crippen LogP contribution in [-0.4, -0.2) is 32.2 Å². The third kappa shape index (κ3) is 4.42. The highest BCUT2D eigenvalue weighted by molar-refractivity contribution is 8.27. The summed E-state index contributed by atoms with van der Waals surface area (Å²) in [5, 5.41) is 18.8. The van der Waals surface area contributed by atoms with Crippen LogP contribution in [0.1, 0.15) is 15.9 Å². The molecule has 0 amide bonds. The fourth-order valence-electron chi connectivity index (χ4n) is 1.56. The summed E-state index contributed by atoms with van der Waals surface area (Å²) in [6.45, 7) is -0.0509. The quantitative estimate of drug-likeness (QED) is 0.784. The van der Waals surface area contributed by atoms with Crippen molar-refractivity contribution < 1.29 is 32.4 Å². The van der Waals surface area contributed by atoms with Gasteiger partial charge in [0.15, 0.2) is 0 Å². The predicted molar refractivity (Wildman–Crippen MR) is 82.4 cm³/mol. The van der Waals surface area contributed by atoms with Crippen molar-refractivity contribution >= 4 is 26.2 Å². The Hall–Kier alpha value is -2.14. The zero-order valence-corrected chi connectivity index (χ0v) is 13.5.